The molecule has 9 atom stereocenters. The molecule has 176 valence electrons. The zero-order chi connectivity index (χ0) is 21.4. The molecule has 0 radical (unpaired) electrons. The molecule has 0 N–H and O–H groups in total. The summed E-state index contributed by atoms with van der Waals surface area (Å²) < 4.78 is 25.3. The highest BCUT2D eigenvalue weighted by molar-refractivity contribution is 5.82. The van der Waals surface area contributed by atoms with Crippen molar-refractivity contribution in [2.45, 2.75) is 128 Å². The SMILES string of the molecule is CCCCCCCCC(=O)[C@@H]1C2C3C4C1[C@@]1(CCCCCCCC)O[C@@H]4O[C@H]3O[C@H]2O1. The molecule has 5 aliphatic rings. The normalized spacial score (nSPS) is 43.4. The van der Waals surface area contributed by atoms with Crippen LogP contribution in [-0.2, 0) is 23.7 Å². The van der Waals surface area contributed by atoms with Gasteiger partial charge in [0, 0.05) is 42.4 Å². The summed E-state index contributed by atoms with van der Waals surface area (Å²) in [5.41, 5.74) is 0. The fraction of sp³-hybridized carbons (Fsp3) is 0.962. The number of hydrogen-bond donors (Lipinski definition) is 0. The summed E-state index contributed by atoms with van der Waals surface area (Å²) >= 11 is 0. The Morgan fingerprint density at radius 1 is 0.677 bits per heavy atom. The molecule has 5 rings (SSSR count). The van der Waals surface area contributed by atoms with E-state index in [0.717, 1.165) is 19.3 Å². The van der Waals surface area contributed by atoms with Gasteiger partial charge in [-0.15, -0.1) is 0 Å². The first kappa shape index (κ1) is 22.3. The zero-order valence-corrected chi connectivity index (χ0v) is 19.6. The molecule has 4 aliphatic heterocycles. The summed E-state index contributed by atoms with van der Waals surface area (Å²) in [6.07, 6.45) is 15.5. The van der Waals surface area contributed by atoms with E-state index in [-0.39, 0.29) is 48.5 Å². The summed E-state index contributed by atoms with van der Waals surface area (Å²) in [6, 6.07) is 0. The Kier molecular flexibility index (Phi) is 6.77. The second-order valence-electron chi connectivity index (χ2n) is 10.7. The van der Waals surface area contributed by atoms with E-state index in [1.165, 1.54) is 64.2 Å². The maximum Gasteiger partial charge on any atom is 0.178 e. The standard InChI is InChI=1S/C26H42O5/c1-3-5-7-9-11-13-15-17(27)18-19-20-21-22(18)26(16-14-12-10-8-6-4-2)30-24(19)28-23(20)29-25(21)31-26/h18-25H,3-16H2,1-2H3/t18-,19?,20?,21?,22?,23-,24+,25+,26-/m1/s1. The van der Waals surface area contributed by atoms with Gasteiger partial charge in [0.25, 0.3) is 0 Å². The molecular weight excluding hydrogens is 392 g/mol. The lowest BCUT2D eigenvalue weighted by Crippen LogP contribution is -2.54. The highest BCUT2D eigenvalue weighted by Crippen LogP contribution is 2.71. The van der Waals surface area contributed by atoms with Gasteiger partial charge < -0.3 is 18.9 Å². The molecule has 4 saturated heterocycles. The number of ketones is 1. The van der Waals surface area contributed by atoms with Crippen LogP contribution in [0.5, 0.6) is 0 Å². The van der Waals surface area contributed by atoms with Gasteiger partial charge in [0.1, 0.15) is 5.78 Å². The molecule has 0 aromatic rings. The number of carbonyl (C=O) groups is 1. The van der Waals surface area contributed by atoms with E-state index in [9.17, 15) is 4.79 Å². The van der Waals surface area contributed by atoms with Gasteiger partial charge in [-0.1, -0.05) is 78.1 Å². The van der Waals surface area contributed by atoms with E-state index in [1.807, 2.05) is 0 Å². The average molecular weight is 435 g/mol. The molecule has 1 aliphatic carbocycles. The van der Waals surface area contributed by atoms with Crippen molar-refractivity contribution in [2.24, 2.45) is 29.6 Å². The second-order valence-corrected chi connectivity index (χ2v) is 10.7. The van der Waals surface area contributed by atoms with E-state index in [4.69, 9.17) is 18.9 Å². The molecule has 5 nitrogen and oxygen atoms in total. The minimum absolute atomic E-state index is 0.0448. The van der Waals surface area contributed by atoms with Crippen LogP contribution in [0.3, 0.4) is 0 Å². The second kappa shape index (κ2) is 9.40. The first-order valence-electron chi connectivity index (χ1n) is 13.4. The minimum atomic E-state index is -0.664. The number of Topliss-reactive ketones (excluding diaryl/α,β-unsaturated/α-hetero) is 1. The Morgan fingerprint density at radius 3 is 1.94 bits per heavy atom. The van der Waals surface area contributed by atoms with Crippen molar-refractivity contribution < 1.29 is 23.7 Å². The van der Waals surface area contributed by atoms with Gasteiger partial charge in [-0.3, -0.25) is 4.79 Å². The van der Waals surface area contributed by atoms with Gasteiger partial charge in [0.2, 0.25) is 0 Å². The Morgan fingerprint density at radius 2 is 1.26 bits per heavy atom. The Bertz CT molecular complexity index is 637. The topological polar surface area (TPSA) is 54.0 Å². The smallest absolute Gasteiger partial charge is 0.178 e. The van der Waals surface area contributed by atoms with Crippen molar-refractivity contribution in [3.05, 3.63) is 0 Å². The lowest BCUT2D eigenvalue weighted by molar-refractivity contribution is -0.401. The van der Waals surface area contributed by atoms with Crippen LogP contribution in [0, 0.1) is 29.6 Å². The monoisotopic (exact) mass is 434 g/mol. The van der Waals surface area contributed by atoms with Gasteiger partial charge in [-0.05, 0) is 12.8 Å². The lowest BCUT2D eigenvalue weighted by Gasteiger charge is -2.45. The van der Waals surface area contributed by atoms with Crippen LogP contribution in [0.1, 0.15) is 104 Å². The predicted octanol–water partition coefficient (Wildman–Crippen LogP) is 5.95. The zero-order valence-electron chi connectivity index (χ0n) is 19.6. The van der Waals surface area contributed by atoms with Gasteiger partial charge in [-0.25, -0.2) is 0 Å². The largest absolute Gasteiger partial charge is 0.323 e. The van der Waals surface area contributed by atoms with Crippen LogP contribution >= 0.6 is 0 Å². The maximum absolute atomic E-state index is 13.5. The predicted molar refractivity (Wildman–Crippen MR) is 117 cm³/mol. The fourth-order valence-electron chi connectivity index (χ4n) is 7.39. The Hall–Kier alpha value is -0.490. The van der Waals surface area contributed by atoms with Gasteiger partial charge >= 0.3 is 0 Å². The molecule has 4 unspecified atom stereocenters. The Labute approximate surface area is 187 Å². The van der Waals surface area contributed by atoms with Crippen molar-refractivity contribution in [2.75, 3.05) is 0 Å². The van der Waals surface area contributed by atoms with Crippen molar-refractivity contribution >= 4 is 5.78 Å². The van der Waals surface area contributed by atoms with Gasteiger partial charge in [0.15, 0.2) is 24.7 Å². The van der Waals surface area contributed by atoms with E-state index < -0.39 is 5.79 Å². The first-order valence-corrected chi connectivity index (χ1v) is 13.4. The number of unbranched alkanes of at least 4 members (excludes halogenated alkanes) is 10. The van der Waals surface area contributed by atoms with E-state index in [2.05, 4.69) is 13.8 Å². The fourth-order valence-corrected chi connectivity index (χ4v) is 7.39. The molecule has 0 aromatic heterocycles. The van der Waals surface area contributed by atoms with E-state index in [1.54, 1.807) is 0 Å². The molecule has 2 bridgehead atoms. The summed E-state index contributed by atoms with van der Waals surface area (Å²) in [7, 11) is 0. The van der Waals surface area contributed by atoms with Crippen LogP contribution in [0.2, 0.25) is 0 Å². The maximum atomic E-state index is 13.5. The highest BCUT2D eigenvalue weighted by Gasteiger charge is 2.81. The summed E-state index contributed by atoms with van der Waals surface area (Å²) in [6.45, 7) is 4.49. The number of hydrogen-bond acceptors (Lipinski definition) is 5. The molecule has 0 aromatic carbocycles. The Balaban J connectivity index is 1.23. The first-order chi connectivity index (χ1) is 15.2. The lowest BCUT2D eigenvalue weighted by atomic mass is 9.74. The quantitative estimate of drug-likeness (QED) is 0.298. The third kappa shape index (κ3) is 3.82. The van der Waals surface area contributed by atoms with Crippen molar-refractivity contribution in [3.8, 4) is 0 Å². The van der Waals surface area contributed by atoms with Gasteiger partial charge in [-0.2, -0.15) is 0 Å². The van der Waals surface area contributed by atoms with E-state index in [0.29, 0.717) is 12.2 Å². The summed E-state index contributed by atoms with van der Waals surface area (Å²) in [5, 5.41) is 0. The molecule has 4 heterocycles. The van der Waals surface area contributed by atoms with Crippen LogP contribution in [-0.4, -0.2) is 30.4 Å². The highest BCUT2D eigenvalue weighted by atomic mass is 16.9. The van der Waals surface area contributed by atoms with Crippen LogP contribution in [0.25, 0.3) is 0 Å². The molecule has 0 amide bonds. The van der Waals surface area contributed by atoms with Crippen LogP contribution < -0.4 is 0 Å². The van der Waals surface area contributed by atoms with Crippen molar-refractivity contribution in [3.63, 3.8) is 0 Å². The van der Waals surface area contributed by atoms with Crippen molar-refractivity contribution in [1.82, 2.24) is 0 Å². The number of ether oxygens (including phenoxy) is 4. The molecule has 5 fully saturated rings. The van der Waals surface area contributed by atoms with E-state index >= 15 is 0 Å². The average Bonchev–Trinajstić information content (AvgIpc) is 3.45. The molecule has 1 saturated carbocycles. The van der Waals surface area contributed by atoms with Crippen molar-refractivity contribution in [1.29, 1.82) is 0 Å². The summed E-state index contributed by atoms with van der Waals surface area (Å²) in [5.74, 6) is 0.731. The third-order valence-corrected chi connectivity index (χ3v) is 8.75. The van der Waals surface area contributed by atoms with Gasteiger partial charge in [0.05, 0.1) is 0 Å². The van der Waals surface area contributed by atoms with Crippen LogP contribution in [0.4, 0.5) is 0 Å². The van der Waals surface area contributed by atoms with Crippen LogP contribution in [0.15, 0.2) is 0 Å². The molecule has 31 heavy (non-hydrogen) atoms. The molecular formula is C26H42O5. The number of carbonyl (C=O) groups excluding carboxylic acids is 1. The molecule has 5 heteroatoms. The third-order valence-electron chi connectivity index (χ3n) is 8.75. The molecule has 0 spiro atoms. The minimum Gasteiger partial charge on any atom is -0.323 e. The number of rotatable bonds is 15. The summed E-state index contributed by atoms with van der Waals surface area (Å²) in [4.78, 5) is 13.5.